The molecule has 0 saturated carbocycles. The van der Waals surface area contributed by atoms with Crippen LogP contribution >= 0.6 is 0 Å². The molecule has 1 aromatic rings. The summed E-state index contributed by atoms with van der Waals surface area (Å²) in [6.07, 6.45) is 0.0639. The summed E-state index contributed by atoms with van der Waals surface area (Å²) in [6, 6.07) is 1.79. The molecule has 6 nitrogen and oxygen atoms in total. The van der Waals surface area contributed by atoms with E-state index in [9.17, 15) is 5.11 Å². The maximum Gasteiger partial charge on any atom is 0.226 e. The number of nitrogens with zero attached hydrogens (tertiary/aromatic N) is 3. The summed E-state index contributed by atoms with van der Waals surface area (Å²) >= 11 is 0. The molecule has 0 amide bonds. The molecule has 0 aliphatic carbocycles. The normalized spacial score (nSPS) is 14.4. The van der Waals surface area contributed by atoms with E-state index in [2.05, 4.69) is 15.3 Å². The Morgan fingerprint density at radius 2 is 2.05 bits per heavy atom. The Kier molecular flexibility index (Phi) is 5.71. The van der Waals surface area contributed by atoms with Crippen LogP contribution in [0.2, 0.25) is 0 Å². The van der Waals surface area contributed by atoms with Gasteiger partial charge in [0.25, 0.3) is 0 Å². The van der Waals surface area contributed by atoms with Crippen LogP contribution in [0.5, 0.6) is 5.88 Å². The van der Waals surface area contributed by atoms with Gasteiger partial charge in [-0.1, -0.05) is 0 Å². The first-order valence-corrected chi connectivity index (χ1v) is 6.81. The SMILES string of the molecule is Cc1cc(OC(C)C)nc(NCC(C)(O)CN(C)C)n1. The van der Waals surface area contributed by atoms with E-state index in [1.54, 1.807) is 13.0 Å². The second-order valence-corrected chi connectivity index (χ2v) is 5.93. The molecule has 2 N–H and O–H groups in total. The van der Waals surface area contributed by atoms with Gasteiger partial charge in [-0.2, -0.15) is 4.98 Å². The molecule has 1 unspecified atom stereocenters. The van der Waals surface area contributed by atoms with Crippen molar-refractivity contribution in [2.45, 2.75) is 39.4 Å². The molecule has 6 heteroatoms. The Morgan fingerprint density at radius 1 is 1.40 bits per heavy atom. The van der Waals surface area contributed by atoms with Crippen molar-refractivity contribution in [3.63, 3.8) is 0 Å². The maximum atomic E-state index is 10.2. The van der Waals surface area contributed by atoms with Crippen LogP contribution in [0.25, 0.3) is 0 Å². The lowest BCUT2D eigenvalue weighted by atomic mass is 10.1. The first-order valence-electron chi connectivity index (χ1n) is 6.81. The van der Waals surface area contributed by atoms with E-state index in [1.165, 1.54) is 0 Å². The standard InChI is InChI=1S/C14H26N4O2/c1-10(2)20-12-7-11(3)16-13(17-12)15-8-14(4,19)9-18(5)6/h7,10,19H,8-9H2,1-6H3,(H,15,16,17). The zero-order valence-electron chi connectivity index (χ0n) is 13.3. The van der Waals surface area contributed by atoms with Crippen LogP contribution in [-0.2, 0) is 0 Å². The summed E-state index contributed by atoms with van der Waals surface area (Å²) in [4.78, 5) is 10.5. The Balaban J connectivity index is 2.70. The van der Waals surface area contributed by atoms with Crippen LogP contribution in [0.3, 0.4) is 0 Å². The van der Waals surface area contributed by atoms with Crippen LogP contribution in [0.15, 0.2) is 6.07 Å². The van der Waals surface area contributed by atoms with E-state index in [0.29, 0.717) is 24.9 Å². The van der Waals surface area contributed by atoms with Crippen LogP contribution < -0.4 is 10.1 Å². The van der Waals surface area contributed by atoms with Gasteiger partial charge in [0.15, 0.2) is 0 Å². The predicted molar refractivity (Wildman–Crippen MR) is 80.2 cm³/mol. The Labute approximate surface area is 121 Å². The van der Waals surface area contributed by atoms with Gasteiger partial charge in [-0.15, -0.1) is 0 Å². The van der Waals surface area contributed by atoms with Gasteiger partial charge in [-0.3, -0.25) is 0 Å². The number of aliphatic hydroxyl groups is 1. The van der Waals surface area contributed by atoms with Crippen LogP contribution in [0.1, 0.15) is 26.5 Å². The first-order chi connectivity index (χ1) is 9.18. The second-order valence-electron chi connectivity index (χ2n) is 5.93. The molecule has 114 valence electrons. The second kappa shape index (κ2) is 6.85. The third-order valence-electron chi connectivity index (χ3n) is 2.47. The zero-order valence-corrected chi connectivity index (χ0v) is 13.3. The summed E-state index contributed by atoms with van der Waals surface area (Å²) < 4.78 is 5.57. The number of anilines is 1. The highest BCUT2D eigenvalue weighted by atomic mass is 16.5. The van der Waals surface area contributed by atoms with E-state index in [4.69, 9.17) is 4.74 Å². The Hall–Kier alpha value is -1.40. The Bertz CT molecular complexity index is 433. The van der Waals surface area contributed by atoms with Crippen molar-refractivity contribution in [2.75, 3.05) is 32.5 Å². The number of aromatic nitrogens is 2. The van der Waals surface area contributed by atoms with Gasteiger partial charge >= 0.3 is 0 Å². The molecular weight excluding hydrogens is 256 g/mol. The van der Waals surface area contributed by atoms with Gasteiger partial charge in [-0.05, 0) is 41.8 Å². The lowest BCUT2D eigenvalue weighted by Crippen LogP contribution is -2.43. The molecule has 1 aromatic heterocycles. The molecule has 0 aliphatic rings. The molecule has 0 bridgehead atoms. The highest BCUT2D eigenvalue weighted by molar-refractivity contribution is 5.31. The zero-order chi connectivity index (χ0) is 15.3. The minimum Gasteiger partial charge on any atom is -0.475 e. The molecule has 0 spiro atoms. The number of hydrogen-bond donors (Lipinski definition) is 2. The number of ether oxygens (including phenoxy) is 1. The molecule has 0 aromatic carbocycles. The summed E-state index contributed by atoms with van der Waals surface area (Å²) in [5.41, 5.74) is -0.0271. The van der Waals surface area contributed by atoms with Gasteiger partial charge in [0.2, 0.25) is 11.8 Å². The van der Waals surface area contributed by atoms with Crippen molar-refractivity contribution in [2.24, 2.45) is 0 Å². The molecule has 0 radical (unpaired) electrons. The summed E-state index contributed by atoms with van der Waals surface area (Å²) in [5, 5.41) is 13.3. The molecule has 20 heavy (non-hydrogen) atoms. The molecule has 0 fully saturated rings. The van der Waals surface area contributed by atoms with Crippen molar-refractivity contribution >= 4 is 5.95 Å². The smallest absolute Gasteiger partial charge is 0.226 e. The monoisotopic (exact) mass is 282 g/mol. The van der Waals surface area contributed by atoms with Gasteiger partial charge in [0.1, 0.15) is 0 Å². The number of nitrogens with one attached hydrogen (secondary N) is 1. The minimum atomic E-state index is -0.852. The number of likely N-dealkylation sites (N-methyl/N-ethyl adjacent to an activating group) is 1. The Morgan fingerprint density at radius 3 is 2.60 bits per heavy atom. The lowest BCUT2D eigenvalue weighted by Gasteiger charge is -2.27. The van der Waals surface area contributed by atoms with Crippen LogP contribution in [-0.4, -0.2) is 58.9 Å². The fourth-order valence-electron chi connectivity index (χ4n) is 1.93. The molecule has 0 aliphatic heterocycles. The molecular formula is C14H26N4O2. The van der Waals surface area contributed by atoms with Gasteiger partial charge in [0.05, 0.1) is 11.7 Å². The number of aryl methyl sites for hydroxylation is 1. The number of hydrogen-bond acceptors (Lipinski definition) is 6. The number of rotatable bonds is 7. The lowest BCUT2D eigenvalue weighted by molar-refractivity contribution is 0.0458. The highest BCUT2D eigenvalue weighted by Gasteiger charge is 2.21. The summed E-state index contributed by atoms with van der Waals surface area (Å²) in [5.74, 6) is 1.02. The van der Waals surface area contributed by atoms with Crippen molar-refractivity contribution in [1.82, 2.24) is 14.9 Å². The predicted octanol–water partition coefficient (Wildman–Crippen LogP) is 1.30. The van der Waals surface area contributed by atoms with E-state index < -0.39 is 5.60 Å². The quantitative estimate of drug-likeness (QED) is 0.785. The molecule has 0 saturated heterocycles. The molecule has 1 rings (SSSR count). The first kappa shape index (κ1) is 16.7. The summed E-state index contributed by atoms with van der Waals surface area (Å²) in [7, 11) is 3.85. The molecule has 1 heterocycles. The topological polar surface area (TPSA) is 70.5 Å². The van der Waals surface area contributed by atoms with Crippen molar-refractivity contribution in [3.05, 3.63) is 11.8 Å². The fourth-order valence-corrected chi connectivity index (χ4v) is 1.93. The average Bonchev–Trinajstić information content (AvgIpc) is 2.23. The third-order valence-corrected chi connectivity index (χ3v) is 2.47. The third kappa shape index (κ3) is 6.16. The van der Waals surface area contributed by atoms with Crippen molar-refractivity contribution < 1.29 is 9.84 Å². The average molecular weight is 282 g/mol. The van der Waals surface area contributed by atoms with E-state index >= 15 is 0 Å². The highest BCUT2D eigenvalue weighted by Crippen LogP contribution is 2.14. The van der Waals surface area contributed by atoms with Crippen LogP contribution in [0, 0.1) is 6.92 Å². The molecule has 1 atom stereocenters. The van der Waals surface area contributed by atoms with E-state index in [1.807, 2.05) is 39.8 Å². The van der Waals surface area contributed by atoms with Crippen LogP contribution in [0.4, 0.5) is 5.95 Å². The van der Waals surface area contributed by atoms with Crippen molar-refractivity contribution in [1.29, 1.82) is 0 Å². The maximum absolute atomic E-state index is 10.2. The van der Waals surface area contributed by atoms with Gasteiger partial charge in [-0.25, -0.2) is 4.98 Å². The van der Waals surface area contributed by atoms with E-state index in [-0.39, 0.29) is 6.10 Å². The van der Waals surface area contributed by atoms with E-state index in [0.717, 1.165) is 5.69 Å². The summed E-state index contributed by atoms with van der Waals surface area (Å²) in [6.45, 7) is 8.50. The van der Waals surface area contributed by atoms with Gasteiger partial charge in [0, 0.05) is 24.8 Å². The van der Waals surface area contributed by atoms with Crippen molar-refractivity contribution in [3.8, 4) is 5.88 Å². The minimum absolute atomic E-state index is 0.0639. The largest absolute Gasteiger partial charge is 0.475 e. The fraction of sp³-hybridized carbons (Fsp3) is 0.714. The van der Waals surface area contributed by atoms with Gasteiger partial charge < -0.3 is 20.1 Å².